The number of sulfonamides is 1. The molecule has 0 spiro atoms. The lowest BCUT2D eigenvalue weighted by Crippen LogP contribution is -2.54. The van der Waals surface area contributed by atoms with Gasteiger partial charge in [-0.05, 0) is 89.1 Å². The van der Waals surface area contributed by atoms with Gasteiger partial charge in [-0.25, -0.2) is 12.8 Å². The van der Waals surface area contributed by atoms with E-state index in [2.05, 4.69) is 5.32 Å². The van der Waals surface area contributed by atoms with Gasteiger partial charge in [0.15, 0.2) is 0 Å². The van der Waals surface area contributed by atoms with Crippen molar-refractivity contribution in [2.24, 2.45) is 0 Å². The molecule has 1 atom stereocenters. The van der Waals surface area contributed by atoms with Gasteiger partial charge in [0.25, 0.3) is 10.0 Å². The van der Waals surface area contributed by atoms with E-state index in [0.717, 1.165) is 15.4 Å². The number of nitrogens with one attached hydrogen (secondary N) is 1. The molecule has 220 valence electrons. The number of amides is 2. The largest absolute Gasteiger partial charge is 0.495 e. The molecule has 8 nitrogen and oxygen atoms in total. The number of aryl methyl sites for hydroxylation is 2. The van der Waals surface area contributed by atoms with Crippen LogP contribution in [0.1, 0.15) is 44.4 Å². The van der Waals surface area contributed by atoms with Crippen LogP contribution in [0, 0.1) is 19.7 Å². The zero-order valence-corrected chi connectivity index (χ0v) is 25.4. The zero-order valence-electron chi connectivity index (χ0n) is 24.6. The highest BCUT2D eigenvalue weighted by molar-refractivity contribution is 7.92. The van der Waals surface area contributed by atoms with Gasteiger partial charge in [-0.1, -0.05) is 35.9 Å². The van der Waals surface area contributed by atoms with Crippen LogP contribution >= 0.6 is 0 Å². The van der Waals surface area contributed by atoms with E-state index in [-0.39, 0.29) is 22.9 Å². The molecule has 1 N–H and O–H groups in total. The third-order valence-corrected chi connectivity index (χ3v) is 8.20. The Bertz CT molecular complexity index is 1480. The van der Waals surface area contributed by atoms with Gasteiger partial charge >= 0.3 is 0 Å². The summed E-state index contributed by atoms with van der Waals surface area (Å²) in [7, 11) is -2.82. The van der Waals surface area contributed by atoms with E-state index in [1.54, 1.807) is 44.2 Å². The molecule has 0 aliphatic rings. The number of methoxy groups -OCH3 is 1. The Kier molecular flexibility index (Phi) is 9.81. The molecule has 0 radical (unpaired) electrons. The summed E-state index contributed by atoms with van der Waals surface area (Å²) in [5.74, 6) is -1.20. The highest BCUT2D eigenvalue weighted by Gasteiger charge is 2.34. The van der Waals surface area contributed by atoms with Gasteiger partial charge in [0.1, 0.15) is 24.2 Å². The fourth-order valence-corrected chi connectivity index (χ4v) is 5.61. The van der Waals surface area contributed by atoms with Crippen LogP contribution in [0.4, 0.5) is 10.1 Å². The summed E-state index contributed by atoms with van der Waals surface area (Å²) >= 11 is 0. The summed E-state index contributed by atoms with van der Waals surface area (Å²) in [4.78, 5) is 28.5. The minimum atomic E-state index is -4.25. The number of rotatable bonds is 10. The number of nitrogens with zero attached hydrogens (tertiary/aromatic N) is 2. The maximum absolute atomic E-state index is 14.1. The number of halogens is 1. The van der Waals surface area contributed by atoms with Crippen LogP contribution in [0.25, 0.3) is 0 Å². The molecule has 0 aliphatic carbocycles. The van der Waals surface area contributed by atoms with Crippen LogP contribution in [0.5, 0.6) is 5.75 Å². The highest BCUT2D eigenvalue weighted by atomic mass is 32.2. The summed E-state index contributed by atoms with van der Waals surface area (Å²) in [6.07, 6.45) is 0. The Morgan fingerprint density at radius 2 is 1.54 bits per heavy atom. The molecule has 3 aromatic carbocycles. The maximum atomic E-state index is 14.1. The quantitative estimate of drug-likeness (QED) is 0.363. The Labute approximate surface area is 242 Å². The smallest absolute Gasteiger partial charge is 0.264 e. The van der Waals surface area contributed by atoms with Crippen molar-refractivity contribution >= 4 is 27.5 Å². The fourth-order valence-electron chi connectivity index (χ4n) is 4.19. The van der Waals surface area contributed by atoms with Crippen molar-refractivity contribution in [3.05, 3.63) is 89.2 Å². The third kappa shape index (κ3) is 8.07. The molecular weight excluding hydrogens is 545 g/mol. The minimum Gasteiger partial charge on any atom is -0.495 e. The van der Waals surface area contributed by atoms with E-state index in [9.17, 15) is 22.4 Å². The second-order valence-corrected chi connectivity index (χ2v) is 12.9. The summed E-state index contributed by atoms with van der Waals surface area (Å²) in [5, 5.41) is 2.88. The van der Waals surface area contributed by atoms with Gasteiger partial charge in [0.2, 0.25) is 11.8 Å². The molecule has 0 aromatic heterocycles. The monoisotopic (exact) mass is 583 g/mol. The number of hydrogen-bond donors (Lipinski definition) is 1. The van der Waals surface area contributed by atoms with E-state index in [0.29, 0.717) is 5.56 Å². The normalized spacial score (nSPS) is 12.4. The Hall–Kier alpha value is -3.92. The average Bonchev–Trinajstić information content (AvgIpc) is 2.90. The maximum Gasteiger partial charge on any atom is 0.264 e. The molecule has 3 aromatic rings. The fraction of sp³-hybridized carbons (Fsp3) is 0.355. The summed E-state index contributed by atoms with van der Waals surface area (Å²) < 4.78 is 48.2. The van der Waals surface area contributed by atoms with Gasteiger partial charge in [-0.2, -0.15) is 0 Å². The van der Waals surface area contributed by atoms with Gasteiger partial charge < -0.3 is 15.0 Å². The molecule has 0 saturated carbocycles. The van der Waals surface area contributed by atoms with Gasteiger partial charge in [0, 0.05) is 12.1 Å². The van der Waals surface area contributed by atoms with Crippen molar-refractivity contribution < 1.29 is 27.1 Å². The molecule has 0 fully saturated rings. The van der Waals surface area contributed by atoms with Gasteiger partial charge in [-0.3, -0.25) is 13.9 Å². The molecule has 0 bridgehead atoms. The van der Waals surface area contributed by atoms with Crippen LogP contribution in [-0.4, -0.2) is 50.4 Å². The summed E-state index contributed by atoms with van der Waals surface area (Å²) in [5.41, 5.74) is 1.85. The Morgan fingerprint density at radius 1 is 0.951 bits per heavy atom. The number of anilines is 1. The van der Waals surface area contributed by atoms with Gasteiger partial charge in [0.05, 0.1) is 17.7 Å². The summed E-state index contributed by atoms with van der Waals surface area (Å²) in [6.45, 7) is 10.1. The number of carbonyl (C=O) groups excluding carboxylic acids is 2. The standard InChI is InChI=1S/C31H38FN3O5S/c1-21-8-15-26(16-9-21)41(38,39)35(27-18-22(2)10-17-28(27)40-7)20-29(36)34(19-24-11-13-25(32)14-12-24)23(3)30(37)33-31(4,5)6/h8-18,23H,19-20H2,1-7H3,(H,33,37)/t23-/m1/s1. The lowest BCUT2D eigenvalue weighted by molar-refractivity contribution is -0.140. The molecule has 41 heavy (non-hydrogen) atoms. The van der Waals surface area contributed by atoms with E-state index >= 15 is 0 Å². The molecule has 0 heterocycles. The van der Waals surface area contributed by atoms with Crippen molar-refractivity contribution in [3.63, 3.8) is 0 Å². The zero-order chi connectivity index (χ0) is 30.5. The first-order valence-corrected chi connectivity index (χ1v) is 14.7. The molecule has 0 aliphatic heterocycles. The van der Waals surface area contributed by atoms with Crippen molar-refractivity contribution in [1.29, 1.82) is 0 Å². The Balaban J connectivity index is 2.10. The minimum absolute atomic E-state index is 0.00284. The third-order valence-electron chi connectivity index (χ3n) is 6.42. The topological polar surface area (TPSA) is 96.0 Å². The molecule has 0 unspecified atom stereocenters. The molecular formula is C31H38FN3O5S. The Morgan fingerprint density at radius 3 is 2.10 bits per heavy atom. The predicted molar refractivity (Wildman–Crippen MR) is 158 cm³/mol. The van der Waals surface area contributed by atoms with E-state index in [1.807, 2.05) is 27.7 Å². The van der Waals surface area contributed by atoms with Crippen molar-refractivity contribution in [2.75, 3.05) is 18.0 Å². The van der Waals surface area contributed by atoms with E-state index < -0.39 is 45.8 Å². The summed E-state index contributed by atoms with van der Waals surface area (Å²) in [6, 6.07) is 16.0. The number of ether oxygens (including phenoxy) is 1. The molecule has 2 amide bonds. The van der Waals surface area contributed by atoms with Crippen LogP contribution < -0.4 is 14.4 Å². The van der Waals surface area contributed by atoms with Crippen molar-refractivity contribution in [3.8, 4) is 5.75 Å². The van der Waals surface area contributed by atoms with Crippen molar-refractivity contribution in [2.45, 2.75) is 64.6 Å². The van der Waals surface area contributed by atoms with Crippen LogP contribution in [0.3, 0.4) is 0 Å². The lowest BCUT2D eigenvalue weighted by atomic mass is 10.1. The first kappa shape index (κ1) is 31.6. The van der Waals surface area contributed by atoms with Crippen LogP contribution in [0.2, 0.25) is 0 Å². The predicted octanol–water partition coefficient (Wildman–Crippen LogP) is 4.98. The SMILES string of the molecule is COc1ccc(C)cc1N(CC(=O)N(Cc1ccc(F)cc1)[C@H](C)C(=O)NC(C)(C)C)S(=O)(=O)c1ccc(C)cc1. The van der Waals surface area contributed by atoms with Crippen LogP contribution in [0.15, 0.2) is 71.6 Å². The lowest BCUT2D eigenvalue weighted by Gasteiger charge is -2.33. The number of benzene rings is 3. The first-order valence-electron chi connectivity index (χ1n) is 13.2. The van der Waals surface area contributed by atoms with Gasteiger partial charge in [-0.15, -0.1) is 0 Å². The number of hydrogen-bond acceptors (Lipinski definition) is 5. The second-order valence-electron chi connectivity index (χ2n) is 11.1. The molecule has 3 rings (SSSR count). The highest BCUT2D eigenvalue weighted by Crippen LogP contribution is 2.34. The van der Waals surface area contributed by atoms with E-state index in [1.165, 1.54) is 48.4 Å². The second kappa shape index (κ2) is 12.7. The average molecular weight is 584 g/mol. The number of carbonyl (C=O) groups is 2. The first-order chi connectivity index (χ1) is 19.1. The molecule has 0 saturated heterocycles. The van der Waals surface area contributed by atoms with Crippen molar-refractivity contribution in [1.82, 2.24) is 10.2 Å². The molecule has 10 heteroatoms. The van der Waals surface area contributed by atoms with Crippen LogP contribution in [-0.2, 0) is 26.2 Å². The van der Waals surface area contributed by atoms with E-state index in [4.69, 9.17) is 4.74 Å².